The first-order chi connectivity index (χ1) is 10.4. The number of hydrogen-bond acceptors (Lipinski definition) is 3. The van der Waals surface area contributed by atoms with Crippen LogP contribution in [-0.4, -0.2) is 32.9 Å². The lowest BCUT2D eigenvalue weighted by Gasteiger charge is -2.17. The van der Waals surface area contributed by atoms with E-state index in [1.807, 2.05) is 31.2 Å². The predicted molar refractivity (Wildman–Crippen MR) is 87.9 cm³/mol. The van der Waals surface area contributed by atoms with Crippen molar-refractivity contribution in [2.45, 2.75) is 11.8 Å². The first-order valence-corrected chi connectivity index (χ1v) is 8.63. The summed E-state index contributed by atoms with van der Waals surface area (Å²) in [5.41, 5.74) is 1.15. The molecule has 0 aliphatic rings. The van der Waals surface area contributed by atoms with Crippen LogP contribution in [0.25, 0.3) is 0 Å². The van der Waals surface area contributed by atoms with Gasteiger partial charge in [-0.3, -0.25) is 0 Å². The third-order valence-corrected chi connectivity index (χ3v) is 5.34. The number of likely N-dealkylation sites (N-methyl/N-ethyl adjacent to an activating group) is 1. The summed E-state index contributed by atoms with van der Waals surface area (Å²) in [5, 5.41) is 0.504. The van der Waals surface area contributed by atoms with Crippen LogP contribution in [-0.2, 0) is 10.0 Å². The van der Waals surface area contributed by atoms with Gasteiger partial charge in [0.1, 0.15) is 12.4 Å². The Balaban J connectivity index is 1.94. The van der Waals surface area contributed by atoms with Crippen molar-refractivity contribution in [3.63, 3.8) is 0 Å². The van der Waals surface area contributed by atoms with Crippen molar-refractivity contribution in [1.29, 1.82) is 0 Å². The molecule has 0 bridgehead atoms. The summed E-state index contributed by atoms with van der Waals surface area (Å²) in [7, 11) is -1.99. The Morgan fingerprint density at radius 2 is 1.64 bits per heavy atom. The molecule has 2 aromatic rings. The summed E-state index contributed by atoms with van der Waals surface area (Å²) in [6, 6.07) is 13.7. The molecule has 2 rings (SSSR count). The standard InChI is InChI=1S/C16H18ClNO3S/c1-13-3-7-15(8-4-13)21-12-11-18(2)22(19,20)16-9-5-14(17)6-10-16/h3-10H,11-12H2,1-2H3. The molecule has 0 spiro atoms. The fourth-order valence-corrected chi connectivity index (χ4v) is 3.11. The Hall–Kier alpha value is -1.56. The molecule has 0 aliphatic carbocycles. The van der Waals surface area contributed by atoms with Crippen molar-refractivity contribution in [3.8, 4) is 5.75 Å². The van der Waals surface area contributed by atoms with Crippen molar-refractivity contribution in [2.75, 3.05) is 20.2 Å². The van der Waals surface area contributed by atoms with Gasteiger partial charge in [0.2, 0.25) is 10.0 Å². The molecule has 0 saturated carbocycles. The van der Waals surface area contributed by atoms with E-state index in [1.54, 1.807) is 12.1 Å². The zero-order chi connectivity index (χ0) is 16.2. The maximum Gasteiger partial charge on any atom is 0.242 e. The third kappa shape index (κ3) is 4.22. The van der Waals surface area contributed by atoms with Gasteiger partial charge in [0, 0.05) is 18.6 Å². The van der Waals surface area contributed by atoms with Gasteiger partial charge in [0.15, 0.2) is 0 Å². The largest absolute Gasteiger partial charge is 0.492 e. The van der Waals surface area contributed by atoms with Gasteiger partial charge < -0.3 is 4.74 Å². The summed E-state index contributed by atoms with van der Waals surface area (Å²) in [6.07, 6.45) is 0. The van der Waals surface area contributed by atoms with Crippen molar-refractivity contribution in [3.05, 3.63) is 59.1 Å². The van der Waals surface area contributed by atoms with Crippen molar-refractivity contribution < 1.29 is 13.2 Å². The lowest BCUT2D eigenvalue weighted by atomic mass is 10.2. The van der Waals surface area contributed by atoms with Gasteiger partial charge in [-0.25, -0.2) is 8.42 Å². The Labute approximate surface area is 136 Å². The van der Waals surface area contributed by atoms with Crippen LogP contribution in [0.5, 0.6) is 5.75 Å². The predicted octanol–water partition coefficient (Wildman–Crippen LogP) is 3.35. The minimum atomic E-state index is -3.52. The molecule has 22 heavy (non-hydrogen) atoms. The summed E-state index contributed by atoms with van der Waals surface area (Å²) >= 11 is 5.78. The van der Waals surface area contributed by atoms with Crippen LogP contribution in [0.4, 0.5) is 0 Å². The molecule has 0 heterocycles. The van der Waals surface area contributed by atoms with Gasteiger partial charge in [-0.15, -0.1) is 0 Å². The molecule has 0 saturated heterocycles. The fraction of sp³-hybridized carbons (Fsp3) is 0.250. The Kier molecular flexibility index (Phi) is 5.45. The fourth-order valence-electron chi connectivity index (χ4n) is 1.83. The Bertz CT molecular complexity index is 712. The van der Waals surface area contributed by atoms with Crippen LogP contribution >= 0.6 is 11.6 Å². The SMILES string of the molecule is Cc1ccc(OCCN(C)S(=O)(=O)c2ccc(Cl)cc2)cc1. The average molecular weight is 340 g/mol. The smallest absolute Gasteiger partial charge is 0.242 e. The van der Waals surface area contributed by atoms with Crippen LogP contribution in [0.2, 0.25) is 5.02 Å². The minimum Gasteiger partial charge on any atom is -0.492 e. The molecule has 0 fully saturated rings. The minimum absolute atomic E-state index is 0.217. The zero-order valence-corrected chi connectivity index (χ0v) is 14.1. The highest BCUT2D eigenvalue weighted by atomic mass is 35.5. The number of nitrogens with zero attached hydrogens (tertiary/aromatic N) is 1. The number of aryl methyl sites for hydroxylation is 1. The number of hydrogen-bond donors (Lipinski definition) is 0. The normalized spacial score (nSPS) is 11.6. The molecule has 2 aromatic carbocycles. The monoisotopic (exact) mass is 339 g/mol. The molecule has 0 aliphatic heterocycles. The number of rotatable bonds is 6. The number of benzene rings is 2. The van der Waals surface area contributed by atoms with Gasteiger partial charge in [-0.1, -0.05) is 29.3 Å². The summed E-state index contributed by atoms with van der Waals surface area (Å²) in [4.78, 5) is 0.217. The Morgan fingerprint density at radius 1 is 1.05 bits per heavy atom. The van der Waals surface area contributed by atoms with E-state index in [-0.39, 0.29) is 18.0 Å². The highest BCUT2D eigenvalue weighted by molar-refractivity contribution is 7.89. The molecule has 0 aromatic heterocycles. The first-order valence-electron chi connectivity index (χ1n) is 6.81. The molecule has 6 heteroatoms. The summed E-state index contributed by atoms with van der Waals surface area (Å²) in [6.45, 7) is 2.54. The third-order valence-electron chi connectivity index (χ3n) is 3.22. The van der Waals surface area contributed by atoms with E-state index in [0.717, 1.165) is 11.3 Å². The van der Waals surface area contributed by atoms with Crippen molar-refractivity contribution in [1.82, 2.24) is 4.31 Å². The molecule has 0 radical (unpaired) electrons. The highest BCUT2D eigenvalue weighted by Gasteiger charge is 2.20. The number of halogens is 1. The van der Waals surface area contributed by atoms with E-state index in [4.69, 9.17) is 16.3 Å². The second-order valence-corrected chi connectivity index (χ2v) is 7.42. The molecule has 0 unspecified atom stereocenters. The molecule has 4 nitrogen and oxygen atoms in total. The first kappa shape index (κ1) is 16.8. The number of sulfonamides is 1. The van der Waals surface area contributed by atoms with Gasteiger partial charge in [0.05, 0.1) is 4.90 Å². The van der Waals surface area contributed by atoms with Crippen molar-refractivity contribution >= 4 is 21.6 Å². The summed E-state index contributed by atoms with van der Waals surface area (Å²) in [5.74, 6) is 0.725. The zero-order valence-electron chi connectivity index (χ0n) is 12.5. The van der Waals surface area contributed by atoms with Gasteiger partial charge >= 0.3 is 0 Å². The number of ether oxygens (including phenoxy) is 1. The molecule has 0 amide bonds. The van der Waals surface area contributed by atoms with Gasteiger partial charge in [-0.2, -0.15) is 4.31 Å². The van der Waals surface area contributed by atoms with E-state index in [0.29, 0.717) is 5.02 Å². The molecular weight excluding hydrogens is 322 g/mol. The lowest BCUT2D eigenvalue weighted by molar-refractivity contribution is 0.287. The van der Waals surface area contributed by atoms with E-state index in [2.05, 4.69) is 0 Å². The average Bonchev–Trinajstić information content (AvgIpc) is 2.49. The van der Waals surface area contributed by atoms with E-state index >= 15 is 0 Å². The van der Waals surface area contributed by atoms with Crippen LogP contribution in [0, 0.1) is 6.92 Å². The molecule has 118 valence electrons. The highest BCUT2D eigenvalue weighted by Crippen LogP contribution is 2.17. The topological polar surface area (TPSA) is 46.6 Å². The van der Waals surface area contributed by atoms with Crippen LogP contribution in [0.15, 0.2) is 53.4 Å². The quantitative estimate of drug-likeness (QED) is 0.810. The van der Waals surface area contributed by atoms with Crippen molar-refractivity contribution in [2.24, 2.45) is 0 Å². The molecule has 0 atom stereocenters. The lowest BCUT2D eigenvalue weighted by Crippen LogP contribution is -2.31. The van der Waals surface area contributed by atoms with Crippen LogP contribution in [0.3, 0.4) is 0 Å². The maximum absolute atomic E-state index is 12.4. The van der Waals surface area contributed by atoms with Gasteiger partial charge in [-0.05, 0) is 43.3 Å². The molecular formula is C16H18ClNO3S. The van der Waals surface area contributed by atoms with E-state index in [9.17, 15) is 8.42 Å². The second kappa shape index (κ2) is 7.13. The Morgan fingerprint density at radius 3 is 2.23 bits per heavy atom. The van der Waals surface area contributed by atoms with E-state index < -0.39 is 10.0 Å². The van der Waals surface area contributed by atoms with Crippen LogP contribution < -0.4 is 4.74 Å². The van der Waals surface area contributed by atoms with Crippen LogP contribution in [0.1, 0.15) is 5.56 Å². The van der Waals surface area contributed by atoms with Gasteiger partial charge in [0.25, 0.3) is 0 Å². The second-order valence-electron chi connectivity index (χ2n) is 4.94. The van der Waals surface area contributed by atoms with E-state index in [1.165, 1.54) is 23.5 Å². The maximum atomic E-state index is 12.4. The summed E-state index contributed by atoms with van der Waals surface area (Å²) < 4.78 is 31.5. The molecule has 0 N–H and O–H groups in total.